The number of aliphatic hydroxyl groups excluding tert-OH is 2. The molecule has 0 bridgehead atoms. The van der Waals surface area contributed by atoms with E-state index in [9.17, 15) is 27.9 Å². The zero-order valence-corrected chi connectivity index (χ0v) is 10.4. The van der Waals surface area contributed by atoms with Crippen LogP contribution in [0.1, 0.15) is 18.2 Å². The maximum atomic E-state index is 13.2. The quantitative estimate of drug-likeness (QED) is 0.712. The van der Waals surface area contributed by atoms with Crippen LogP contribution in [0.15, 0.2) is 21.9 Å². The first-order valence-corrected chi connectivity index (χ1v) is 5.86. The Bertz CT molecular complexity index is 679. The zero-order chi connectivity index (χ0) is 15.7. The van der Waals surface area contributed by atoms with Crippen LogP contribution in [0, 0.1) is 0 Å². The van der Waals surface area contributed by atoms with Gasteiger partial charge in [0.05, 0.1) is 18.3 Å². The van der Waals surface area contributed by atoms with Crippen LogP contribution in [0.5, 0.6) is 0 Å². The Labute approximate surface area is 114 Å². The Kier molecular flexibility index (Phi) is 4.30. The summed E-state index contributed by atoms with van der Waals surface area (Å²) in [7, 11) is 0. The van der Waals surface area contributed by atoms with Gasteiger partial charge in [0.2, 0.25) is 5.83 Å². The van der Waals surface area contributed by atoms with E-state index >= 15 is 0 Å². The fourth-order valence-electron chi connectivity index (χ4n) is 2.01. The van der Waals surface area contributed by atoms with Crippen LogP contribution in [0.2, 0.25) is 0 Å². The average Bonchev–Trinajstić information content (AvgIpc) is 2.79. The second kappa shape index (κ2) is 5.84. The van der Waals surface area contributed by atoms with Crippen LogP contribution >= 0.6 is 0 Å². The van der Waals surface area contributed by atoms with Crippen molar-refractivity contribution < 1.29 is 28.1 Å². The standard InChI is InChI=1S/C11H11F3N2O5/c12-8(9(13)14)4-2-16(11(20)15-10(4)19)7-1-5(18)6(3-17)21-7/h2,5-7,17-18H,1,3H2,(H,15,19,20)/t5-,6+,7+/m0/s1. The minimum atomic E-state index is -2.70. The molecular formula is C11H11F3N2O5. The molecule has 1 aromatic heterocycles. The third-order valence-corrected chi connectivity index (χ3v) is 3.06. The smallest absolute Gasteiger partial charge is 0.330 e. The van der Waals surface area contributed by atoms with E-state index in [0.717, 1.165) is 0 Å². The lowest BCUT2D eigenvalue weighted by Crippen LogP contribution is -2.34. The molecule has 1 aliphatic heterocycles. The molecule has 3 N–H and O–H groups in total. The summed E-state index contributed by atoms with van der Waals surface area (Å²) in [6.07, 6.45) is -5.40. The molecule has 0 saturated carbocycles. The largest absolute Gasteiger partial charge is 0.394 e. The van der Waals surface area contributed by atoms with Gasteiger partial charge in [-0.15, -0.1) is 0 Å². The van der Waals surface area contributed by atoms with Crippen molar-refractivity contribution in [1.82, 2.24) is 9.55 Å². The molecule has 7 nitrogen and oxygen atoms in total. The molecule has 10 heteroatoms. The van der Waals surface area contributed by atoms with Crippen LogP contribution in [0.3, 0.4) is 0 Å². The number of hydrogen-bond acceptors (Lipinski definition) is 5. The van der Waals surface area contributed by atoms with Crippen molar-refractivity contribution in [1.29, 1.82) is 0 Å². The van der Waals surface area contributed by atoms with E-state index in [1.54, 1.807) is 4.98 Å². The third-order valence-electron chi connectivity index (χ3n) is 3.06. The van der Waals surface area contributed by atoms with Gasteiger partial charge < -0.3 is 14.9 Å². The van der Waals surface area contributed by atoms with Gasteiger partial charge in [0.1, 0.15) is 12.3 Å². The van der Waals surface area contributed by atoms with E-state index in [-0.39, 0.29) is 6.42 Å². The average molecular weight is 308 g/mol. The van der Waals surface area contributed by atoms with E-state index < -0.39 is 53.8 Å². The summed E-state index contributed by atoms with van der Waals surface area (Å²) < 4.78 is 43.5. The maximum Gasteiger partial charge on any atom is 0.330 e. The molecule has 1 fully saturated rings. The number of aliphatic hydroxyl groups is 2. The highest BCUT2D eigenvalue weighted by atomic mass is 19.3. The SMILES string of the molecule is O=c1[nH]c(=O)n([C@H]2C[C@H](O)[C@@H](CO)O2)cc1C(F)=C(F)F. The van der Waals surface area contributed by atoms with E-state index in [4.69, 9.17) is 9.84 Å². The summed E-state index contributed by atoms with van der Waals surface area (Å²) >= 11 is 0. The zero-order valence-electron chi connectivity index (χ0n) is 10.4. The van der Waals surface area contributed by atoms with Crippen molar-refractivity contribution in [2.24, 2.45) is 0 Å². The molecule has 0 aromatic carbocycles. The third kappa shape index (κ3) is 2.91. The van der Waals surface area contributed by atoms with Crippen LogP contribution in [0.25, 0.3) is 5.83 Å². The summed E-state index contributed by atoms with van der Waals surface area (Å²) in [6, 6.07) is 0. The lowest BCUT2D eigenvalue weighted by molar-refractivity contribution is -0.0459. The van der Waals surface area contributed by atoms with Gasteiger partial charge in [-0.05, 0) is 0 Å². The Morgan fingerprint density at radius 1 is 1.43 bits per heavy atom. The molecule has 1 aromatic rings. The molecule has 0 aliphatic carbocycles. The van der Waals surface area contributed by atoms with Crippen LogP contribution in [0.4, 0.5) is 13.2 Å². The van der Waals surface area contributed by atoms with Gasteiger partial charge in [-0.3, -0.25) is 14.3 Å². The normalized spacial score (nSPS) is 25.1. The molecule has 2 rings (SSSR count). The summed E-state index contributed by atoms with van der Waals surface area (Å²) in [5.41, 5.74) is -3.34. The second-order valence-electron chi connectivity index (χ2n) is 4.40. The monoisotopic (exact) mass is 308 g/mol. The van der Waals surface area contributed by atoms with Gasteiger partial charge in [0, 0.05) is 12.6 Å². The predicted octanol–water partition coefficient (Wildman–Crippen LogP) is -0.288. The van der Waals surface area contributed by atoms with Gasteiger partial charge >= 0.3 is 11.8 Å². The van der Waals surface area contributed by atoms with E-state index in [0.29, 0.717) is 10.8 Å². The van der Waals surface area contributed by atoms with Crippen molar-refractivity contribution in [3.63, 3.8) is 0 Å². The molecule has 3 atom stereocenters. The Hall–Kier alpha value is -1.91. The minimum absolute atomic E-state index is 0.125. The first-order valence-electron chi connectivity index (χ1n) is 5.86. The van der Waals surface area contributed by atoms with Crippen molar-refractivity contribution in [3.05, 3.63) is 38.7 Å². The van der Waals surface area contributed by atoms with Gasteiger partial charge in [-0.1, -0.05) is 0 Å². The van der Waals surface area contributed by atoms with Crippen LogP contribution < -0.4 is 11.2 Å². The van der Waals surface area contributed by atoms with E-state index in [2.05, 4.69) is 0 Å². The molecule has 0 unspecified atom stereocenters. The number of H-pyrrole nitrogens is 1. The number of halogens is 3. The van der Waals surface area contributed by atoms with Crippen molar-refractivity contribution in [3.8, 4) is 0 Å². The number of nitrogens with zero attached hydrogens (tertiary/aromatic N) is 1. The number of aromatic nitrogens is 2. The summed E-state index contributed by atoms with van der Waals surface area (Å²) in [6.45, 7) is -0.518. The number of nitrogens with one attached hydrogen (secondary N) is 1. The molecule has 0 amide bonds. The molecule has 1 aliphatic rings. The topological polar surface area (TPSA) is 105 Å². The molecule has 21 heavy (non-hydrogen) atoms. The van der Waals surface area contributed by atoms with Gasteiger partial charge in [0.25, 0.3) is 5.56 Å². The minimum Gasteiger partial charge on any atom is -0.394 e. The maximum absolute atomic E-state index is 13.2. The second-order valence-corrected chi connectivity index (χ2v) is 4.40. The van der Waals surface area contributed by atoms with Crippen LogP contribution in [-0.2, 0) is 4.74 Å². The molecule has 2 heterocycles. The lowest BCUT2D eigenvalue weighted by Gasteiger charge is -2.14. The Morgan fingerprint density at radius 2 is 2.10 bits per heavy atom. The van der Waals surface area contributed by atoms with Crippen molar-refractivity contribution in [2.75, 3.05) is 6.61 Å². The highest BCUT2D eigenvalue weighted by Crippen LogP contribution is 2.28. The fourth-order valence-corrected chi connectivity index (χ4v) is 2.01. The first-order chi connectivity index (χ1) is 9.85. The number of ether oxygens (including phenoxy) is 1. The summed E-state index contributed by atoms with van der Waals surface area (Å²) in [5.74, 6) is -2.05. The summed E-state index contributed by atoms with van der Waals surface area (Å²) in [4.78, 5) is 24.6. The van der Waals surface area contributed by atoms with E-state index in [1.165, 1.54) is 0 Å². The predicted molar refractivity (Wildman–Crippen MR) is 63.2 cm³/mol. The van der Waals surface area contributed by atoms with Crippen molar-refractivity contribution >= 4 is 5.83 Å². The number of rotatable bonds is 3. The fraction of sp³-hybridized carbons (Fsp3) is 0.455. The van der Waals surface area contributed by atoms with Crippen molar-refractivity contribution in [2.45, 2.75) is 24.9 Å². The molecule has 0 radical (unpaired) electrons. The van der Waals surface area contributed by atoms with Gasteiger partial charge in [-0.25, -0.2) is 9.18 Å². The summed E-state index contributed by atoms with van der Waals surface area (Å²) in [5, 5.41) is 18.5. The van der Waals surface area contributed by atoms with E-state index in [1.807, 2.05) is 0 Å². The molecule has 116 valence electrons. The van der Waals surface area contributed by atoms with Gasteiger partial charge in [0.15, 0.2) is 0 Å². The molecule has 1 saturated heterocycles. The number of hydrogen-bond donors (Lipinski definition) is 3. The first kappa shape index (κ1) is 15.5. The molecular weight excluding hydrogens is 297 g/mol. The Morgan fingerprint density at radius 3 is 2.62 bits per heavy atom. The highest BCUT2D eigenvalue weighted by molar-refractivity contribution is 5.57. The lowest BCUT2D eigenvalue weighted by atomic mass is 10.2. The molecule has 0 spiro atoms. The number of aromatic amines is 1. The highest BCUT2D eigenvalue weighted by Gasteiger charge is 2.35. The van der Waals surface area contributed by atoms with Crippen LogP contribution in [-0.4, -0.2) is 38.6 Å². The Balaban J connectivity index is 2.47. The van der Waals surface area contributed by atoms with Gasteiger partial charge in [-0.2, -0.15) is 8.78 Å².